The molecule has 3 heteroatoms. The summed E-state index contributed by atoms with van der Waals surface area (Å²) in [7, 11) is 0. The maximum absolute atomic E-state index is 5.73. The van der Waals surface area contributed by atoms with Gasteiger partial charge in [-0.25, -0.2) is 0 Å². The van der Waals surface area contributed by atoms with Crippen molar-refractivity contribution in [2.24, 2.45) is 0 Å². The van der Waals surface area contributed by atoms with E-state index in [1.807, 2.05) is 0 Å². The number of hydrogen-bond acceptors (Lipinski definition) is 2. The van der Waals surface area contributed by atoms with E-state index in [-0.39, 0.29) is 0 Å². The average molecular weight is 415 g/mol. The molecule has 31 heavy (non-hydrogen) atoms. The first-order chi connectivity index (χ1) is 15.0. The van der Waals surface area contributed by atoms with Gasteiger partial charge < -0.3 is 9.30 Å². The largest absolute Gasteiger partial charge is 0.380 e. The van der Waals surface area contributed by atoms with Crippen LogP contribution in [0.15, 0.2) is 36.4 Å². The van der Waals surface area contributed by atoms with E-state index >= 15 is 0 Å². The molecule has 0 aliphatic heterocycles. The van der Waals surface area contributed by atoms with Crippen LogP contribution in [0.3, 0.4) is 0 Å². The highest BCUT2D eigenvalue weighted by Gasteiger charge is 2.18. The quantitative estimate of drug-likeness (QED) is 0.302. The zero-order valence-electron chi connectivity index (χ0n) is 19.8. The Kier molecular flexibility index (Phi) is 6.15. The summed E-state index contributed by atoms with van der Waals surface area (Å²) in [5.74, 6) is 0. The summed E-state index contributed by atoms with van der Waals surface area (Å²) in [5, 5.41) is 2.50. The van der Waals surface area contributed by atoms with Gasteiger partial charge in [0, 0.05) is 40.9 Å². The normalized spacial score (nSPS) is 11.7. The Morgan fingerprint density at radius 3 is 2.35 bits per heavy atom. The molecular weight excluding hydrogens is 380 g/mol. The van der Waals surface area contributed by atoms with Crippen LogP contribution in [0.4, 0.5) is 0 Å². The number of rotatable bonds is 7. The Bertz CT molecular complexity index is 1230. The summed E-state index contributed by atoms with van der Waals surface area (Å²) in [6.07, 6.45) is 2.19. The van der Waals surface area contributed by atoms with Gasteiger partial charge in [-0.1, -0.05) is 49.2 Å². The van der Waals surface area contributed by atoms with E-state index in [9.17, 15) is 0 Å². The summed E-state index contributed by atoms with van der Waals surface area (Å²) in [5.41, 5.74) is 11.3. The molecule has 2 heterocycles. The number of nitrogens with zero attached hydrogens (tertiary/aromatic N) is 2. The summed E-state index contributed by atoms with van der Waals surface area (Å²) < 4.78 is 8.21. The first-order valence-corrected chi connectivity index (χ1v) is 11.5. The number of aryl methyl sites for hydroxylation is 5. The molecule has 0 atom stereocenters. The zero-order chi connectivity index (χ0) is 22.1. The second kappa shape index (κ2) is 8.84. The number of pyridine rings is 1. The molecule has 2 aromatic carbocycles. The van der Waals surface area contributed by atoms with Gasteiger partial charge >= 0.3 is 0 Å². The van der Waals surface area contributed by atoms with Crippen LogP contribution in [-0.2, 0) is 17.7 Å². The minimum atomic E-state index is 0.732. The highest BCUT2D eigenvalue weighted by molar-refractivity contribution is 6.10. The lowest BCUT2D eigenvalue weighted by molar-refractivity contribution is 0.139. The lowest BCUT2D eigenvalue weighted by Crippen LogP contribution is -2.09. The molecule has 0 saturated heterocycles. The van der Waals surface area contributed by atoms with Gasteiger partial charge in [0.2, 0.25) is 0 Å². The number of ether oxygens (including phenoxy) is 1. The molecule has 0 N–H and O–H groups in total. The van der Waals surface area contributed by atoms with Gasteiger partial charge in [-0.3, -0.25) is 4.98 Å². The van der Waals surface area contributed by atoms with Crippen molar-refractivity contribution < 1.29 is 4.74 Å². The van der Waals surface area contributed by atoms with Crippen LogP contribution in [0, 0.1) is 27.7 Å². The topological polar surface area (TPSA) is 27.1 Å². The van der Waals surface area contributed by atoms with E-state index in [2.05, 4.69) is 82.5 Å². The third-order valence-electron chi connectivity index (χ3n) is 6.26. The molecule has 0 radical (unpaired) electrons. The van der Waals surface area contributed by atoms with Gasteiger partial charge in [-0.15, -0.1) is 0 Å². The predicted octanol–water partition coefficient (Wildman–Crippen LogP) is 7.08. The van der Waals surface area contributed by atoms with Crippen LogP contribution in [0.1, 0.15) is 48.3 Å². The molecule has 0 spiro atoms. The van der Waals surface area contributed by atoms with Gasteiger partial charge in [-0.05, 0) is 63.8 Å². The van der Waals surface area contributed by atoms with E-state index in [0.717, 1.165) is 43.8 Å². The maximum atomic E-state index is 5.73. The van der Waals surface area contributed by atoms with Crippen LogP contribution in [0.2, 0.25) is 0 Å². The minimum Gasteiger partial charge on any atom is -0.380 e. The predicted molar refractivity (Wildman–Crippen MR) is 132 cm³/mol. The summed E-state index contributed by atoms with van der Waals surface area (Å²) in [6.45, 7) is 15.4. The smallest absolute Gasteiger partial charge is 0.0805 e. The van der Waals surface area contributed by atoms with Crippen LogP contribution >= 0.6 is 0 Å². The van der Waals surface area contributed by atoms with Crippen molar-refractivity contribution in [2.75, 3.05) is 13.2 Å². The molecule has 0 aliphatic carbocycles. The third-order valence-corrected chi connectivity index (χ3v) is 6.26. The van der Waals surface area contributed by atoms with E-state index in [1.54, 1.807) is 0 Å². The maximum Gasteiger partial charge on any atom is 0.0805 e. The Morgan fingerprint density at radius 1 is 0.935 bits per heavy atom. The Labute approximate surface area is 186 Å². The monoisotopic (exact) mass is 414 g/mol. The average Bonchev–Trinajstić information content (AvgIpc) is 3.08. The van der Waals surface area contributed by atoms with Crippen molar-refractivity contribution in [1.29, 1.82) is 0 Å². The zero-order valence-corrected chi connectivity index (χ0v) is 19.8. The Morgan fingerprint density at radius 2 is 1.68 bits per heavy atom. The van der Waals surface area contributed by atoms with Crippen molar-refractivity contribution in [3.05, 3.63) is 64.5 Å². The van der Waals surface area contributed by atoms with Crippen molar-refractivity contribution >= 4 is 21.8 Å². The molecule has 162 valence electrons. The molecule has 4 aromatic rings. The number of fused-ring (bicyclic) bond motifs is 3. The van der Waals surface area contributed by atoms with E-state index in [0.29, 0.717) is 0 Å². The van der Waals surface area contributed by atoms with Crippen LogP contribution < -0.4 is 0 Å². The Hall–Kier alpha value is -2.65. The number of benzene rings is 2. The van der Waals surface area contributed by atoms with Crippen LogP contribution in [0.25, 0.3) is 32.9 Å². The molecule has 4 rings (SSSR count). The third kappa shape index (κ3) is 3.87. The van der Waals surface area contributed by atoms with E-state index in [4.69, 9.17) is 9.72 Å². The fraction of sp³-hybridized carbons (Fsp3) is 0.393. The van der Waals surface area contributed by atoms with E-state index in [1.165, 1.54) is 49.8 Å². The van der Waals surface area contributed by atoms with Gasteiger partial charge in [0.05, 0.1) is 17.6 Å². The second-order valence-electron chi connectivity index (χ2n) is 8.67. The second-order valence-corrected chi connectivity index (χ2v) is 8.67. The van der Waals surface area contributed by atoms with Crippen LogP contribution in [-0.4, -0.2) is 22.8 Å². The highest BCUT2D eigenvalue weighted by atomic mass is 16.5. The first-order valence-electron chi connectivity index (χ1n) is 11.5. The SMILES string of the molecule is CCCc1cc2c(C)nc3c(-c4c(C)cc(C)cc4C)cccc3c2n1CCOCC. The molecule has 0 unspecified atom stereocenters. The summed E-state index contributed by atoms with van der Waals surface area (Å²) in [6, 6.07) is 13.5. The summed E-state index contributed by atoms with van der Waals surface area (Å²) >= 11 is 0. The lowest BCUT2D eigenvalue weighted by atomic mass is 9.92. The summed E-state index contributed by atoms with van der Waals surface area (Å²) in [4.78, 5) is 5.15. The van der Waals surface area contributed by atoms with Crippen molar-refractivity contribution in [3.8, 4) is 11.1 Å². The van der Waals surface area contributed by atoms with Gasteiger partial charge in [0.25, 0.3) is 0 Å². The van der Waals surface area contributed by atoms with Crippen LogP contribution in [0.5, 0.6) is 0 Å². The standard InChI is InChI=1S/C28H34N2O/c1-7-10-22-17-25-21(6)29-27-23(26-19(4)15-18(3)16-20(26)5)11-9-12-24(27)28(25)30(22)13-14-31-8-2/h9,11-12,15-17H,7-8,10,13-14H2,1-6H3. The van der Waals surface area contributed by atoms with Crippen molar-refractivity contribution in [1.82, 2.24) is 9.55 Å². The molecule has 0 amide bonds. The molecule has 0 bridgehead atoms. The fourth-order valence-corrected chi connectivity index (χ4v) is 5.08. The lowest BCUT2D eigenvalue weighted by Gasteiger charge is -2.16. The molecule has 0 saturated carbocycles. The molecule has 2 aromatic heterocycles. The van der Waals surface area contributed by atoms with Crippen molar-refractivity contribution in [3.63, 3.8) is 0 Å². The Balaban J connectivity index is 2.04. The van der Waals surface area contributed by atoms with Gasteiger partial charge in [-0.2, -0.15) is 0 Å². The number of para-hydroxylation sites is 1. The molecule has 0 aliphatic rings. The van der Waals surface area contributed by atoms with Gasteiger partial charge in [0.1, 0.15) is 0 Å². The van der Waals surface area contributed by atoms with Gasteiger partial charge in [0.15, 0.2) is 0 Å². The minimum absolute atomic E-state index is 0.732. The first kappa shape index (κ1) is 21.6. The molecular formula is C28H34N2O. The molecule has 3 nitrogen and oxygen atoms in total. The highest BCUT2D eigenvalue weighted by Crippen LogP contribution is 2.37. The van der Waals surface area contributed by atoms with Crippen molar-refractivity contribution in [2.45, 2.75) is 60.9 Å². The number of aromatic nitrogens is 2. The number of hydrogen-bond donors (Lipinski definition) is 0. The fourth-order valence-electron chi connectivity index (χ4n) is 5.08. The van der Waals surface area contributed by atoms with E-state index < -0.39 is 0 Å². The molecule has 0 fully saturated rings.